The lowest BCUT2D eigenvalue weighted by atomic mass is 10.1. The summed E-state index contributed by atoms with van der Waals surface area (Å²) in [6.07, 6.45) is 1.02. The number of carbonyl (C=O) groups excluding carboxylic acids is 1. The third-order valence-corrected chi connectivity index (χ3v) is 3.60. The van der Waals surface area contributed by atoms with Crippen molar-refractivity contribution in [2.24, 2.45) is 0 Å². The van der Waals surface area contributed by atoms with Crippen molar-refractivity contribution in [2.45, 2.75) is 19.8 Å². The van der Waals surface area contributed by atoms with Gasteiger partial charge in [0, 0.05) is 12.1 Å². The Morgan fingerprint density at radius 2 is 1.86 bits per heavy atom. The number of aryl methyl sites for hydroxylation is 2. The van der Waals surface area contributed by atoms with Gasteiger partial charge in [-0.25, -0.2) is 0 Å². The van der Waals surface area contributed by atoms with Crippen LogP contribution in [-0.4, -0.2) is 11.0 Å². The molecule has 0 saturated heterocycles. The molecule has 5 heteroatoms. The number of halogens is 2. The first kappa shape index (κ1) is 15.7. The quantitative estimate of drug-likeness (QED) is 0.809. The molecular formula is C16H15Cl2NO2. The van der Waals surface area contributed by atoms with E-state index in [4.69, 9.17) is 23.2 Å². The number of hydrogen-bond donors (Lipinski definition) is 2. The van der Waals surface area contributed by atoms with E-state index < -0.39 is 0 Å². The molecule has 0 aliphatic carbocycles. The molecule has 2 rings (SSSR count). The van der Waals surface area contributed by atoms with Crippen LogP contribution in [0, 0.1) is 6.92 Å². The van der Waals surface area contributed by atoms with Gasteiger partial charge < -0.3 is 10.4 Å². The predicted molar refractivity (Wildman–Crippen MR) is 86.3 cm³/mol. The number of phenols is 1. The molecule has 21 heavy (non-hydrogen) atoms. The Balaban J connectivity index is 1.96. The average molecular weight is 324 g/mol. The molecule has 0 radical (unpaired) electrons. The summed E-state index contributed by atoms with van der Waals surface area (Å²) in [7, 11) is 0. The van der Waals surface area contributed by atoms with E-state index in [1.165, 1.54) is 17.7 Å². The van der Waals surface area contributed by atoms with Crippen molar-refractivity contribution in [2.75, 3.05) is 5.32 Å². The SMILES string of the molecule is Cc1cccc(CCC(=O)Nc2cc(Cl)c(O)c(Cl)c2)c1. The third kappa shape index (κ3) is 4.38. The summed E-state index contributed by atoms with van der Waals surface area (Å²) in [5.74, 6) is -0.314. The van der Waals surface area contributed by atoms with Crippen molar-refractivity contribution in [1.29, 1.82) is 0 Å². The molecule has 0 fully saturated rings. The summed E-state index contributed by atoms with van der Waals surface area (Å²) >= 11 is 11.6. The van der Waals surface area contributed by atoms with E-state index in [1.54, 1.807) is 0 Å². The first-order valence-corrected chi connectivity index (χ1v) is 7.24. The molecule has 0 aromatic heterocycles. The minimum Gasteiger partial charge on any atom is -0.505 e. The molecule has 0 spiro atoms. The zero-order valence-electron chi connectivity index (χ0n) is 11.5. The average Bonchev–Trinajstić information content (AvgIpc) is 2.42. The lowest BCUT2D eigenvalue weighted by molar-refractivity contribution is -0.116. The summed E-state index contributed by atoms with van der Waals surface area (Å²) in [5.41, 5.74) is 2.76. The van der Waals surface area contributed by atoms with Gasteiger partial charge in [-0.05, 0) is 31.0 Å². The Bertz CT molecular complexity index is 648. The van der Waals surface area contributed by atoms with Gasteiger partial charge in [0.2, 0.25) is 5.91 Å². The molecule has 0 aliphatic rings. The number of nitrogens with one attached hydrogen (secondary N) is 1. The summed E-state index contributed by atoms with van der Waals surface area (Å²) in [6.45, 7) is 2.02. The zero-order valence-corrected chi connectivity index (χ0v) is 13.0. The number of anilines is 1. The van der Waals surface area contributed by atoms with Gasteiger partial charge in [-0.2, -0.15) is 0 Å². The molecular weight excluding hydrogens is 309 g/mol. The fourth-order valence-electron chi connectivity index (χ4n) is 1.99. The Morgan fingerprint density at radius 3 is 2.48 bits per heavy atom. The van der Waals surface area contributed by atoms with E-state index in [1.807, 2.05) is 25.1 Å². The molecule has 0 atom stereocenters. The highest BCUT2D eigenvalue weighted by Gasteiger charge is 2.09. The van der Waals surface area contributed by atoms with E-state index >= 15 is 0 Å². The minimum absolute atomic E-state index is 0.108. The van der Waals surface area contributed by atoms with E-state index in [0.29, 0.717) is 18.5 Å². The van der Waals surface area contributed by atoms with Crippen molar-refractivity contribution in [3.8, 4) is 5.75 Å². The summed E-state index contributed by atoms with van der Waals surface area (Å²) in [4.78, 5) is 11.9. The maximum absolute atomic E-state index is 11.9. The summed E-state index contributed by atoms with van der Waals surface area (Å²) < 4.78 is 0. The van der Waals surface area contributed by atoms with Gasteiger partial charge in [0.15, 0.2) is 5.75 Å². The van der Waals surface area contributed by atoms with Crippen molar-refractivity contribution >= 4 is 34.8 Å². The van der Waals surface area contributed by atoms with Gasteiger partial charge in [-0.15, -0.1) is 0 Å². The van der Waals surface area contributed by atoms with Gasteiger partial charge in [0.25, 0.3) is 0 Å². The van der Waals surface area contributed by atoms with Crippen molar-refractivity contribution in [3.63, 3.8) is 0 Å². The molecule has 2 N–H and O–H groups in total. The largest absolute Gasteiger partial charge is 0.505 e. The monoisotopic (exact) mass is 323 g/mol. The van der Waals surface area contributed by atoms with Crippen molar-refractivity contribution < 1.29 is 9.90 Å². The van der Waals surface area contributed by atoms with Gasteiger partial charge in [-0.3, -0.25) is 4.79 Å². The number of aromatic hydroxyl groups is 1. The molecule has 0 aliphatic heterocycles. The smallest absolute Gasteiger partial charge is 0.224 e. The fourth-order valence-corrected chi connectivity index (χ4v) is 2.47. The second-order valence-corrected chi connectivity index (χ2v) is 5.64. The van der Waals surface area contributed by atoms with Gasteiger partial charge in [0.1, 0.15) is 0 Å². The highest BCUT2D eigenvalue weighted by atomic mass is 35.5. The molecule has 110 valence electrons. The molecule has 0 unspecified atom stereocenters. The number of amides is 1. The topological polar surface area (TPSA) is 49.3 Å². The zero-order chi connectivity index (χ0) is 15.4. The van der Waals surface area contributed by atoms with Crippen LogP contribution in [0.2, 0.25) is 10.0 Å². The third-order valence-electron chi connectivity index (χ3n) is 3.02. The highest BCUT2D eigenvalue weighted by molar-refractivity contribution is 6.37. The Labute approximate surface area is 133 Å². The first-order chi connectivity index (χ1) is 9.95. The maximum Gasteiger partial charge on any atom is 0.224 e. The number of carbonyl (C=O) groups is 1. The second kappa shape index (κ2) is 6.83. The summed E-state index contributed by atoms with van der Waals surface area (Å²) in [6, 6.07) is 11.0. The van der Waals surface area contributed by atoms with Gasteiger partial charge in [0.05, 0.1) is 10.0 Å². The maximum atomic E-state index is 11.9. The van der Waals surface area contributed by atoms with E-state index in [9.17, 15) is 9.90 Å². The van der Waals surface area contributed by atoms with Crippen LogP contribution in [0.25, 0.3) is 0 Å². The van der Waals surface area contributed by atoms with E-state index in [0.717, 1.165) is 5.56 Å². The van der Waals surface area contributed by atoms with Crippen LogP contribution in [0.5, 0.6) is 5.75 Å². The number of rotatable bonds is 4. The van der Waals surface area contributed by atoms with Crippen LogP contribution in [0.1, 0.15) is 17.5 Å². The molecule has 0 heterocycles. The van der Waals surface area contributed by atoms with Gasteiger partial charge >= 0.3 is 0 Å². The predicted octanol–water partition coefficient (Wildman–Crippen LogP) is 4.58. The van der Waals surface area contributed by atoms with E-state index in [-0.39, 0.29) is 21.7 Å². The highest BCUT2D eigenvalue weighted by Crippen LogP contribution is 2.34. The standard InChI is InChI=1S/C16H15Cl2NO2/c1-10-3-2-4-11(7-10)5-6-15(20)19-12-8-13(17)16(21)14(18)9-12/h2-4,7-9,21H,5-6H2,1H3,(H,19,20). The van der Waals surface area contributed by atoms with Crippen LogP contribution in [-0.2, 0) is 11.2 Å². The number of hydrogen-bond acceptors (Lipinski definition) is 2. The van der Waals surface area contributed by atoms with Crippen molar-refractivity contribution in [1.82, 2.24) is 0 Å². The molecule has 2 aromatic carbocycles. The molecule has 0 saturated carbocycles. The van der Waals surface area contributed by atoms with Crippen LogP contribution >= 0.6 is 23.2 Å². The Morgan fingerprint density at radius 1 is 1.19 bits per heavy atom. The molecule has 0 bridgehead atoms. The normalized spacial score (nSPS) is 10.4. The second-order valence-electron chi connectivity index (χ2n) is 4.83. The van der Waals surface area contributed by atoms with Crippen LogP contribution < -0.4 is 5.32 Å². The molecule has 2 aromatic rings. The van der Waals surface area contributed by atoms with Crippen molar-refractivity contribution in [3.05, 3.63) is 57.6 Å². The number of phenolic OH excluding ortho intramolecular Hbond substituents is 1. The van der Waals surface area contributed by atoms with E-state index in [2.05, 4.69) is 11.4 Å². The molecule has 3 nitrogen and oxygen atoms in total. The van der Waals surface area contributed by atoms with Crippen LogP contribution in [0.15, 0.2) is 36.4 Å². The molecule has 1 amide bonds. The lowest BCUT2D eigenvalue weighted by Crippen LogP contribution is -2.12. The first-order valence-electron chi connectivity index (χ1n) is 6.49. The minimum atomic E-state index is -0.184. The number of benzene rings is 2. The Hall–Kier alpha value is -1.71. The van der Waals surface area contributed by atoms with Crippen LogP contribution in [0.3, 0.4) is 0 Å². The lowest BCUT2D eigenvalue weighted by Gasteiger charge is -2.08. The summed E-state index contributed by atoms with van der Waals surface area (Å²) in [5, 5.41) is 12.4. The Kier molecular flexibility index (Phi) is 5.10. The van der Waals surface area contributed by atoms with Crippen LogP contribution in [0.4, 0.5) is 5.69 Å². The fraction of sp³-hybridized carbons (Fsp3) is 0.188. The van der Waals surface area contributed by atoms with Gasteiger partial charge in [-0.1, -0.05) is 53.0 Å².